The van der Waals surface area contributed by atoms with Crippen LogP contribution in [0, 0.1) is 11.7 Å². The lowest BCUT2D eigenvalue weighted by Crippen LogP contribution is -2.14. The second-order valence-corrected chi connectivity index (χ2v) is 3.91. The van der Waals surface area contributed by atoms with E-state index in [2.05, 4.69) is 14.7 Å². The zero-order chi connectivity index (χ0) is 11.3. The number of thioether (sulfide) groups is 1. The zero-order valence-corrected chi connectivity index (χ0v) is 9.25. The van der Waals surface area contributed by atoms with Gasteiger partial charge in [-0.25, -0.2) is 14.4 Å². The van der Waals surface area contributed by atoms with Crippen LogP contribution < -0.4 is 0 Å². The quantitative estimate of drug-likeness (QED) is 0.446. The van der Waals surface area contributed by atoms with E-state index in [1.807, 2.05) is 0 Å². The summed E-state index contributed by atoms with van der Waals surface area (Å²) in [6.07, 6.45) is 2.19. The molecule has 0 aliphatic rings. The fourth-order valence-corrected chi connectivity index (χ4v) is 1.63. The summed E-state index contributed by atoms with van der Waals surface area (Å²) in [5, 5.41) is 0.451. The molecule has 1 unspecified atom stereocenters. The SMILES string of the molecule is COC(=O)C(C)CSc1ncc(F)cn1. The van der Waals surface area contributed by atoms with Crippen LogP contribution in [0.5, 0.6) is 0 Å². The van der Waals surface area contributed by atoms with Crippen molar-refractivity contribution in [3.63, 3.8) is 0 Å². The number of rotatable bonds is 4. The molecule has 1 aromatic heterocycles. The van der Waals surface area contributed by atoms with Crippen LogP contribution in [0.1, 0.15) is 6.92 Å². The van der Waals surface area contributed by atoms with Crippen molar-refractivity contribution < 1.29 is 13.9 Å². The van der Waals surface area contributed by atoms with Crippen LogP contribution in [0.2, 0.25) is 0 Å². The Kier molecular flexibility index (Phi) is 4.48. The van der Waals surface area contributed by atoms with E-state index in [9.17, 15) is 9.18 Å². The lowest BCUT2D eigenvalue weighted by atomic mass is 10.2. The molecule has 0 amide bonds. The number of carbonyl (C=O) groups excluding carboxylic acids is 1. The van der Waals surface area contributed by atoms with E-state index < -0.39 is 5.82 Å². The van der Waals surface area contributed by atoms with Crippen LogP contribution in [0.4, 0.5) is 4.39 Å². The van der Waals surface area contributed by atoms with E-state index in [0.29, 0.717) is 10.9 Å². The lowest BCUT2D eigenvalue weighted by molar-refractivity contribution is -0.143. The first-order valence-electron chi connectivity index (χ1n) is 4.31. The Morgan fingerprint density at radius 2 is 2.20 bits per heavy atom. The number of aromatic nitrogens is 2. The number of esters is 1. The second kappa shape index (κ2) is 5.65. The Morgan fingerprint density at radius 3 is 2.73 bits per heavy atom. The molecule has 0 aromatic carbocycles. The molecular weight excluding hydrogens is 219 g/mol. The van der Waals surface area contributed by atoms with Crippen molar-refractivity contribution in [1.29, 1.82) is 0 Å². The van der Waals surface area contributed by atoms with Crippen LogP contribution >= 0.6 is 11.8 Å². The second-order valence-electron chi connectivity index (χ2n) is 2.92. The van der Waals surface area contributed by atoms with Gasteiger partial charge in [0.1, 0.15) is 0 Å². The van der Waals surface area contributed by atoms with Crippen molar-refractivity contribution in [2.45, 2.75) is 12.1 Å². The van der Waals surface area contributed by atoms with Gasteiger partial charge in [0.25, 0.3) is 0 Å². The molecule has 0 N–H and O–H groups in total. The topological polar surface area (TPSA) is 52.1 Å². The average molecular weight is 230 g/mol. The first-order chi connectivity index (χ1) is 7.13. The molecular formula is C9H11FN2O2S. The third-order valence-corrected chi connectivity index (χ3v) is 2.80. The largest absolute Gasteiger partial charge is 0.469 e. The van der Waals surface area contributed by atoms with Crippen molar-refractivity contribution in [2.75, 3.05) is 12.9 Å². The van der Waals surface area contributed by atoms with Gasteiger partial charge in [0, 0.05) is 5.75 Å². The summed E-state index contributed by atoms with van der Waals surface area (Å²) >= 11 is 1.29. The summed E-state index contributed by atoms with van der Waals surface area (Å²) in [7, 11) is 1.35. The maximum atomic E-state index is 12.5. The van der Waals surface area contributed by atoms with Gasteiger partial charge in [0.2, 0.25) is 0 Å². The standard InChI is InChI=1S/C9H11FN2O2S/c1-6(8(13)14-2)5-15-9-11-3-7(10)4-12-9/h3-4,6H,5H2,1-2H3. The summed E-state index contributed by atoms with van der Waals surface area (Å²) in [5.74, 6) is -0.461. The Labute approximate surface area is 91.3 Å². The number of hydrogen-bond donors (Lipinski definition) is 0. The van der Waals surface area contributed by atoms with Gasteiger partial charge in [-0.1, -0.05) is 18.7 Å². The Morgan fingerprint density at radius 1 is 1.60 bits per heavy atom. The Balaban J connectivity index is 2.43. The minimum Gasteiger partial charge on any atom is -0.469 e. The molecule has 1 rings (SSSR count). The molecule has 0 saturated heterocycles. The smallest absolute Gasteiger partial charge is 0.309 e. The third kappa shape index (κ3) is 3.83. The highest BCUT2D eigenvalue weighted by molar-refractivity contribution is 7.99. The van der Waals surface area contributed by atoms with Crippen LogP contribution in [-0.2, 0) is 9.53 Å². The van der Waals surface area contributed by atoms with Crippen molar-refractivity contribution >= 4 is 17.7 Å². The van der Waals surface area contributed by atoms with E-state index in [4.69, 9.17) is 0 Å². The first-order valence-corrected chi connectivity index (χ1v) is 5.30. The zero-order valence-electron chi connectivity index (χ0n) is 8.44. The fraction of sp³-hybridized carbons (Fsp3) is 0.444. The summed E-state index contributed by atoms with van der Waals surface area (Å²) < 4.78 is 17.0. The highest BCUT2D eigenvalue weighted by Crippen LogP contribution is 2.16. The van der Waals surface area contributed by atoms with Gasteiger partial charge in [0.05, 0.1) is 25.4 Å². The van der Waals surface area contributed by atoms with E-state index >= 15 is 0 Å². The van der Waals surface area contributed by atoms with E-state index in [0.717, 1.165) is 12.4 Å². The molecule has 4 nitrogen and oxygen atoms in total. The molecule has 0 spiro atoms. The number of halogens is 1. The number of ether oxygens (including phenoxy) is 1. The van der Waals surface area contributed by atoms with E-state index in [-0.39, 0.29) is 11.9 Å². The maximum absolute atomic E-state index is 12.5. The van der Waals surface area contributed by atoms with Gasteiger partial charge < -0.3 is 4.74 Å². The van der Waals surface area contributed by atoms with Gasteiger partial charge in [0.15, 0.2) is 11.0 Å². The van der Waals surface area contributed by atoms with Crippen LogP contribution in [0.15, 0.2) is 17.6 Å². The summed E-state index contributed by atoms with van der Waals surface area (Å²) in [5.41, 5.74) is 0. The van der Waals surface area contributed by atoms with Crippen molar-refractivity contribution in [1.82, 2.24) is 9.97 Å². The average Bonchev–Trinajstić information content (AvgIpc) is 2.26. The molecule has 1 aromatic rings. The summed E-state index contributed by atoms with van der Waals surface area (Å²) in [6.45, 7) is 1.75. The van der Waals surface area contributed by atoms with Gasteiger partial charge in [-0.3, -0.25) is 4.79 Å². The number of hydrogen-bond acceptors (Lipinski definition) is 5. The summed E-state index contributed by atoms with van der Waals surface area (Å²) in [4.78, 5) is 18.6. The first kappa shape index (κ1) is 11.9. The minimum absolute atomic E-state index is 0.228. The highest BCUT2D eigenvalue weighted by atomic mass is 32.2. The molecule has 0 fully saturated rings. The Bertz CT molecular complexity index is 331. The lowest BCUT2D eigenvalue weighted by Gasteiger charge is -2.06. The maximum Gasteiger partial charge on any atom is 0.309 e. The monoisotopic (exact) mass is 230 g/mol. The molecule has 0 aliphatic carbocycles. The van der Waals surface area contributed by atoms with Crippen LogP contribution in [0.3, 0.4) is 0 Å². The van der Waals surface area contributed by atoms with Crippen LogP contribution in [-0.4, -0.2) is 28.8 Å². The Hall–Kier alpha value is -1.17. The fourth-order valence-electron chi connectivity index (χ4n) is 0.844. The van der Waals surface area contributed by atoms with Gasteiger partial charge in [-0.2, -0.15) is 0 Å². The number of carbonyl (C=O) groups is 1. The number of methoxy groups -OCH3 is 1. The number of nitrogens with zero attached hydrogens (tertiary/aromatic N) is 2. The van der Waals surface area contributed by atoms with Gasteiger partial charge in [-0.05, 0) is 0 Å². The summed E-state index contributed by atoms with van der Waals surface area (Å²) in [6, 6.07) is 0. The normalized spacial score (nSPS) is 12.2. The molecule has 0 saturated carbocycles. The van der Waals surface area contributed by atoms with Gasteiger partial charge >= 0.3 is 5.97 Å². The predicted molar refractivity (Wildman–Crippen MR) is 53.9 cm³/mol. The molecule has 0 bridgehead atoms. The molecule has 82 valence electrons. The van der Waals surface area contributed by atoms with Crippen molar-refractivity contribution in [3.8, 4) is 0 Å². The minimum atomic E-state index is -0.472. The van der Waals surface area contributed by atoms with E-state index in [1.54, 1.807) is 6.92 Å². The predicted octanol–water partition coefficient (Wildman–Crippen LogP) is 1.52. The van der Waals surface area contributed by atoms with Crippen molar-refractivity contribution in [2.24, 2.45) is 5.92 Å². The highest BCUT2D eigenvalue weighted by Gasteiger charge is 2.13. The molecule has 0 radical (unpaired) electrons. The third-order valence-electron chi connectivity index (χ3n) is 1.66. The van der Waals surface area contributed by atoms with Crippen molar-refractivity contribution in [3.05, 3.63) is 18.2 Å². The van der Waals surface area contributed by atoms with E-state index in [1.165, 1.54) is 18.9 Å². The molecule has 1 atom stereocenters. The molecule has 0 aliphatic heterocycles. The molecule has 6 heteroatoms. The van der Waals surface area contributed by atoms with Crippen LogP contribution in [0.25, 0.3) is 0 Å². The molecule has 15 heavy (non-hydrogen) atoms. The molecule has 1 heterocycles. The van der Waals surface area contributed by atoms with Gasteiger partial charge in [-0.15, -0.1) is 0 Å².